The number of alkyl halides is 1. The van der Waals surface area contributed by atoms with E-state index in [2.05, 4.69) is 15.9 Å². The van der Waals surface area contributed by atoms with E-state index in [4.69, 9.17) is 16.3 Å². The summed E-state index contributed by atoms with van der Waals surface area (Å²) in [5.74, 6) is 1.03. The largest absolute Gasteiger partial charge is 0.497 e. The summed E-state index contributed by atoms with van der Waals surface area (Å²) in [7, 11) is 1.57. The molecule has 0 spiro atoms. The summed E-state index contributed by atoms with van der Waals surface area (Å²) in [6, 6.07) is 5.29. The second kappa shape index (κ2) is 5.37. The molecule has 0 aliphatic heterocycles. The Bertz CT molecular complexity index is 339. The van der Waals surface area contributed by atoms with E-state index in [9.17, 15) is 4.79 Å². The number of carbonyl (C=O) groups excluding carboxylic acids is 1. The number of hydrogen-bond donors (Lipinski definition) is 0. The Labute approximate surface area is 96.3 Å². The van der Waals surface area contributed by atoms with Gasteiger partial charge < -0.3 is 4.74 Å². The third-order valence-electron chi connectivity index (χ3n) is 1.80. The van der Waals surface area contributed by atoms with E-state index >= 15 is 0 Å². The fraction of sp³-hybridized carbons (Fsp3) is 0.300. The maximum Gasteiger partial charge on any atom is 0.165 e. The molecule has 0 atom stereocenters. The van der Waals surface area contributed by atoms with Crippen LogP contribution >= 0.6 is 27.5 Å². The Hall–Kier alpha value is -0.540. The number of halogens is 2. The van der Waals surface area contributed by atoms with Crippen molar-refractivity contribution in [1.29, 1.82) is 0 Å². The van der Waals surface area contributed by atoms with Gasteiger partial charge in [-0.3, -0.25) is 4.79 Å². The summed E-state index contributed by atoms with van der Waals surface area (Å²) < 4.78 is 5.80. The van der Waals surface area contributed by atoms with Crippen LogP contribution in [0.25, 0.3) is 0 Å². The summed E-state index contributed by atoms with van der Waals surface area (Å²) in [6.45, 7) is 0. The van der Waals surface area contributed by atoms with Crippen molar-refractivity contribution in [3.8, 4) is 5.75 Å². The summed E-state index contributed by atoms with van der Waals surface area (Å²) in [6.07, 6.45) is 0.341. The van der Waals surface area contributed by atoms with Gasteiger partial charge in [0, 0.05) is 22.3 Å². The van der Waals surface area contributed by atoms with E-state index in [1.165, 1.54) is 0 Å². The van der Waals surface area contributed by atoms with Gasteiger partial charge in [0.25, 0.3) is 0 Å². The summed E-state index contributed by atoms with van der Waals surface area (Å²) in [5.41, 5.74) is 0.616. The Morgan fingerprint density at radius 1 is 1.57 bits per heavy atom. The number of rotatable bonds is 4. The van der Waals surface area contributed by atoms with Crippen LogP contribution in [0.1, 0.15) is 16.8 Å². The molecule has 14 heavy (non-hydrogen) atoms. The van der Waals surface area contributed by atoms with E-state index in [-0.39, 0.29) is 5.78 Å². The summed E-state index contributed by atoms with van der Waals surface area (Å²) >= 11 is 8.82. The predicted octanol–water partition coefficient (Wildman–Crippen LogP) is 3.27. The third kappa shape index (κ3) is 2.72. The Kier molecular flexibility index (Phi) is 4.42. The van der Waals surface area contributed by atoms with Crippen LogP contribution in [0.3, 0.4) is 0 Å². The lowest BCUT2D eigenvalue weighted by molar-refractivity contribution is 0.0988. The first-order valence-electron chi connectivity index (χ1n) is 4.11. The highest BCUT2D eigenvalue weighted by molar-refractivity contribution is 9.10. The van der Waals surface area contributed by atoms with Gasteiger partial charge in [0.05, 0.1) is 7.11 Å². The van der Waals surface area contributed by atoms with Crippen LogP contribution in [-0.4, -0.2) is 18.8 Å². The van der Waals surface area contributed by atoms with Gasteiger partial charge in [-0.05, 0) is 18.2 Å². The second-order valence-corrected chi connectivity index (χ2v) is 3.94. The third-order valence-corrected chi connectivity index (χ3v) is 2.68. The fourth-order valence-electron chi connectivity index (χ4n) is 1.07. The Morgan fingerprint density at radius 3 is 2.86 bits per heavy atom. The average molecular weight is 278 g/mol. The van der Waals surface area contributed by atoms with E-state index in [0.717, 1.165) is 4.47 Å². The number of carbonyl (C=O) groups is 1. The lowest BCUT2D eigenvalue weighted by atomic mass is 10.1. The minimum absolute atomic E-state index is 0.0192. The van der Waals surface area contributed by atoms with Crippen molar-refractivity contribution in [3.63, 3.8) is 0 Å². The molecule has 0 aromatic heterocycles. The number of benzene rings is 1. The van der Waals surface area contributed by atoms with Gasteiger partial charge in [-0.2, -0.15) is 0 Å². The highest BCUT2D eigenvalue weighted by atomic mass is 79.9. The van der Waals surface area contributed by atoms with Crippen LogP contribution in [-0.2, 0) is 0 Å². The summed E-state index contributed by atoms with van der Waals surface area (Å²) in [4.78, 5) is 11.6. The maximum atomic E-state index is 11.6. The fourth-order valence-corrected chi connectivity index (χ4v) is 1.70. The van der Waals surface area contributed by atoms with E-state index < -0.39 is 0 Å². The SMILES string of the molecule is COc1ccc(Br)c(C(=O)CCCl)c1. The standard InChI is InChI=1S/C10H10BrClO2/c1-14-7-2-3-9(11)8(6-7)10(13)4-5-12/h2-3,6H,4-5H2,1H3. The maximum absolute atomic E-state index is 11.6. The molecule has 0 bridgehead atoms. The molecule has 0 fully saturated rings. The lowest BCUT2D eigenvalue weighted by Crippen LogP contribution is -2.01. The number of methoxy groups -OCH3 is 1. The minimum atomic E-state index is 0.0192. The zero-order valence-electron chi connectivity index (χ0n) is 7.72. The zero-order chi connectivity index (χ0) is 10.6. The molecule has 4 heteroatoms. The molecular weight excluding hydrogens is 267 g/mol. The van der Waals surface area contributed by atoms with Crippen molar-refractivity contribution in [1.82, 2.24) is 0 Å². The smallest absolute Gasteiger partial charge is 0.165 e. The first kappa shape index (κ1) is 11.5. The second-order valence-electron chi connectivity index (χ2n) is 2.71. The molecule has 0 unspecified atom stereocenters. The first-order valence-corrected chi connectivity index (χ1v) is 5.44. The van der Waals surface area contributed by atoms with Gasteiger partial charge in [-0.25, -0.2) is 0 Å². The molecule has 0 saturated carbocycles. The van der Waals surface area contributed by atoms with Gasteiger partial charge in [-0.15, -0.1) is 11.6 Å². The molecule has 1 rings (SSSR count). The normalized spacial score (nSPS) is 9.93. The van der Waals surface area contributed by atoms with E-state index in [1.54, 1.807) is 25.3 Å². The molecule has 2 nitrogen and oxygen atoms in total. The summed E-state index contributed by atoms with van der Waals surface area (Å²) in [5, 5.41) is 0. The molecule has 0 radical (unpaired) electrons. The minimum Gasteiger partial charge on any atom is -0.497 e. The predicted molar refractivity (Wildman–Crippen MR) is 60.4 cm³/mol. The first-order chi connectivity index (χ1) is 6.69. The molecule has 0 N–H and O–H groups in total. The lowest BCUT2D eigenvalue weighted by Gasteiger charge is -2.05. The average Bonchev–Trinajstić information content (AvgIpc) is 2.19. The number of ether oxygens (including phenoxy) is 1. The monoisotopic (exact) mass is 276 g/mol. The van der Waals surface area contributed by atoms with Gasteiger partial charge in [0.2, 0.25) is 0 Å². The molecule has 0 aliphatic carbocycles. The van der Waals surface area contributed by atoms with E-state index in [1.807, 2.05) is 0 Å². The van der Waals surface area contributed by atoms with Crippen molar-refractivity contribution in [2.45, 2.75) is 6.42 Å². The topological polar surface area (TPSA) is 26.3 Å². The molecule has 1 aromatic rings. The molecule has 76 valence electrons. The van der Waals surface area contributed by atoms with Gasteiger partial charge >= 0.3 is 0 Å². The molecular formula is C10H10BrClO2. The quantitative estimate of drug-likeness (QED) is 0.624. The van der Waals surface area contributed by atoms with Crippen LogP contribution in [0.4, 0.5) is 0 Å². The van der Waals surface area contributed by atoms with Crippen LogP contribution in [0.15, 0.2) is 22.7 Å². The van der Waals surface area contributed by atoms with Crippen LogP contribution < -0.4 is 4.74 Å². The van der Waals surface area contributed by atoms with Gasteiger partial charge in [-0.1, -0.05) is 15.9 Å². The molecule has 0 heterocycles. The number of ketones is 1. The highest BCUT2D eigenvalue weighted by Gasteiger charge is 2.10. The Morgan fingerprint density at radius 2 is 2.29 bits per heavy atom. The zero-order valence-corrected chi connectivity index (χ0v) is 10.1. The van der Waals surface area contributed by atoms with Crippen molar-refractivity contribution >= 4 is 33.3 Å². The van der Waals surface area contributed by atoms with Crippen LogP contribution in [0, 0.1) is 0 Å². The number of Topliss-reactive ketones (excluding diaryl/α,β-unsaturated/α-hetero) is 1. The molecule has 1 aromatic carbocycles. The molecule has 0 aliphatic rings. The number of hydrogen-bond acceptors (Lipinski definition) is 2. The van der Waals surface area contributed by atoms with Gasteiger partial charge in [0.15, 0.2) is 5.78 Å². The molecule has 0 amide bonds. The van der Waals surface area contributed by atoms with E-state index in [0.29, 0.717) is 23.6 Å². The van der Waals surface area contributed by atoms with Crippen molar-refractivity contribution in [3.05, 3.63) is 28.2 Å². The highest BCUT2D eigenvalue weighted by Crippen LogP contribution is 2.23. The Balaban J connectivity index is 2.99. The van der Waals surface area contributed by atoms with Crippen molar-refractivity contribution < 1.29 is 9.53 Å². The molecule has 0 saturated heterocycles. The van der Waals surface area contributed by atoms with Crippen molar-refractivity contribution in [2.75, 3.05) is 13.0 Å². The van der Waals surface area contributed by atoms with Crippen LogP contribution in [0.5, 0.6) is 5.75 Å². The van der Waals surface area contributed by atoms with Crippen molar-refractivity contribution in [2.24, 2.45) is 0 Å². The van der Waals surface area contributed by atoms with Crippen LogP contribution in [0.2, 0.25) is 0 Å². The van der Waals surface area contributed by atoms with Gasteiger partial charge in [0.1, 0.15) is 5.75 Å².